The van der Waals surface area contributed by atoms with Crippen LogP contribution in [0.5, 0.6) is 0 Å². The van der Waals surface area contributed by atoms with Crippen LogP contribution in [0.3, 0.4) is 0 Å². The molecule has 2 fully saturated rings. The Morgan fingerprint density at radius 1 is 0.720 bits per heavy atom. The van der Waals surface area contributed by atoms with Crippen molar-refractivity contribution < 1.29 is 19.1 Å². The van der Waals surface area contributed by atoms with Gasteiger partial charge in [0.15, 0.2) is 0 Å². The molecule has 2 amide bonds. The highest BCUT2D eigenvalue weighted by Gasteiger charge is 2.16. The second kappa shape index (κ2) is 12.3. The van der Waals surface area contributed by atoms with E-state index in [1.807, 2.05) is 0 Å². The first kappa shape index (κ1) is 20.2. The van der Waals surface area contributed by atoms with E-state index in [0.717, 1.165) is 71.0 Å². The molecule has 0 aromatic heterocycles. The fourth-order valence-electron chi connectivity index (χ4n) is 3.34. The van der Waals surface area contributed by atoms with E-state index in [-0.39, 0.29) is 24.0 Å². The highest BCUT2D eigenvalue weighted by atomic mass is 16.5. The average Bonchev–Trinajstić information content (AvgIpc) is 3.30. The first-order chi connectivity index (χ1) is 12.2. The minimum atomic E-state index is 0.129. The Hall–Kier alpha value is -1.14. The number of hydrogen-bond donors (Lipinski definition) is 2. The van der Waals surface area contributed by atoms with Gasteiger partial charge in [0.05, 0.1) is 12.2 Å². The zero-order valence-electron chi connectivity index (χ0n) is 15.4. The lowest BCUT2D eigenvalue weighted by atomic mass is 10.1. The van der Waals surface area contributed by atoms with Gasteiger partial charge >= 0.3 is 0 Å². The molecular weight excluding hydrogens is 320 g/mol. The van der Waals surface area contributed by atoms with Crippen LogP contribution in [-0.2, 0) is 19.1 Å². The first-order valence-corrected chi connectivity index (χ1v) is 10.0. The van der Waals surface area contributed by atoms with Crippen molar-refractivity contribution in [1.82, 2.24) is 10.6 Å². The van der Waals surface area contributed by atoms with Gasteiger partial charge in [-0.15, -0.1) is 0 Å². The fraction of sp³-hybridized carbons (Fsp3) is 0.895. The summed E-state index contributed by atoms with van der Waals surface area (Å²) >= 11 is 0. The molecule has 2 heterocycles. The maximum atomic E-state index is 11.7. The second-order valence-corrected chi connectivity index (χ2v) is 7.15. The summed E-state index contributed by atoms with van der Waals surface area (Å²) in [4.78, 5) is 23.5. The van der Waals surface area contributed by atoms with Crippen molar-refractivity contribution in [1.29, 1.82) is 0 Å². The van der Waals surface area contributed by atoms with Gasteiger partial charge in [-0.1, -0.05) is 19.3 Å². The van der Waals surface area contributed by atoms with E-state index >= 15 is 0 Å². The lowest BCUT2D eigenvalue weighted by molar-refractivity contribution is -0.122. The Morgan fingerprint density at radius 3 is 1.56 bits per heavy atom. The Balaban J connectivity index is 1.34. The Bertz CT molecular complexity index is 355. The Morgan fingerprint density at radius 2 is 1.16 bits per heavy atom. The molecule has 144 valence electrons. The van der Waals surface area contributed by atoms with Gasteiger partial charge in [-0.3, -0.25) is 9.59 Å². The van der Waals surface area contributed by atoms with E-state index in [1.54, 1.807) is 0 Å². The van der Waals surface area contributed by atoms with E-state index in [9.17, 15) is 9.59 Å². The predicted octanol–water partition coefficient (Wildman–Crippen LogP) is 2.31. The molecule has 25 heavy (non-hydrogen) atoms. The molecule has 2 aliphatic rings. The van der Waals surface area contributed by atoms with E-state index in [4.69, 9.17) is 9.47 Å². The molecule has 0 bridgehead atoms. The quantitative estimate of drug-likeness (QED) is 0.527. The molecule has 2 N–H and O–H groups in total. The normalized spacial score (nSPS) is 22.9. The second-order valence-electron chi connectivity index (χ2n) is 7.15. The number of amides is 2. The molecule has 2 aliphatic heterocycles. The van der Waals surface area contributed by atoms with Crippen LogP contribution in [0.25, 0.3) is 0 Å². The van der Waals surface area contributed by atoms with Gasteiger partial charge in [0, 0.05) is 39.1 Å². The summed E-state index contributed by atoms with van der Waals surface area (Å²) in [5.74, 6) is 0.257. The maximum Gasteiger partial charge on any atom is 0.220 e. The van der Waals surface area contributed by atoms with Crippen LogP contribution < -0.4 is 10.6 Å². The molecule has 2 saturated heterocycles. The molecule has 0 aliphatic carbocycles. The lowest BCUT2D eigenvalue weighted by Gasteiger charge is -2.11. The summed E-state index contributed by atoms with van der Waals surface area (Å²) in [7, 11) is 0. The van der Waals surface area contributed by atoms with E-state index < -0.39 is 0 Å². The van der Waals surface area contributed by atoms with Gasteiger partial charge in [0.1, 0.15) is 0 Å². The Kier molecular flexibility index (Phi) is 9.89. The molecular formula is C19H34N2O4. The van der Waals surface area contributed by atoms with Crippen molar-refractivity contribution in [2.45, 2.75) is 82.8 Å². The van der Waals surface area contributed by atoms with Crippen LogP contribution in [0.15, 0.2) is 0 Å². The van der Waals surface area contributed by atoms with Crippen molar-refractivity contribution in [3.63, 3.8) is 0 Å². The van der Waals surface area contributed by atoms with Crippen LogP contribution in [0.1, 0.15) is 70.6 Å². The topological polar surface area (TPSA) is 76.7 Å². The first-order valence-electron chi connectivity index (χ1n) is 10.0. The van der Waals surface area contributed by atoms with Gasteiger partial charge in [0.2, 0.25) is 11.8 Å². The van der Waals surface area contributed by atoms with Gasteiger partial charge < -0.3 is 20.1 Å². The SMILES string of the molecule is O=C(CCCCCCCC(=O)NC[C@@H]1CCCO1)NC[C@@H]1CCCO1. The smallest absolute Gasteiger partial charge is 0.220 e. The zero-order valence-corrected chi connectivity index (χ0v) is 15.4. The van der Waals surface area contributed by atoms with Crippen LogP contribution in [-0.4, -0.2) is 50.3 Å². The number of rotatable bonds is 12. The minimum Gasteiger partial charge on any atom is -0.376 e. The third-order valence-corrected chi connectivity index (χ3v) is 4.91. The van der Waals surface area contributed by atoms with Crippen molar-refractivity contribution in [3.8, 4) is 0 Å². The molecule has 6 nitrogen and oxygen atoms in total. The standard InChI is InChI=1S/C19H34N2O4/c22-18(20-14-16-8-6-12-24-16)10-4-2-1-3-5-11-19(23)21-15-17-9-7-13-25-17/h16-17H,1-15H2,(H,20,22)(H,21,23)/t16-,17-/m0/s1. The minimum absolute atomic E-state index is 0.129. The highest BCUT2D eigenvalue weighted by molar-refractivity contribution is 5.76. The van der Waals surface area contributed by atoms with Gasteiger partial charge in [-0.25, -0.2) is 0 Å². The van der Waals surface area contributed by atoms with Gasteiger partial charge in [-0.05, 0) is 38.5 Å². The average molecular weight is 354 g/mol. The van der Waals surface area contributed by atoms with Crippen LogP contribution >= 0.6 is 0 Å². The largest absolute Gasteiger partial charge is 0.376 e. The summed E-state index contributed by atoms with van der Waals surface area (Å²) in [5.41, 5.74) is 0. The number of carbonyl (C=O) groups excluding carboxylic acids is 2. The third kappa shape index (κ3) is 9.21. The number of ether oxygens (including phenoxy) is 2. The summed E-state index contributed by atoms with van der Waals surface area (Å²) in [6.07, 6.45) is 11.0. The number of carbonyl (C=O) groups is 2. The third-order valence-electron chi connectivity index (χ3n) is 4.91. The number of hydrogen-bond acceptors (Lipinski definition) is 4. The molecule has 2 atom stereocenters. The highest BCUT2D eigenvalue weighted by Crippen LogP contribution is 2.12. The molecule has 0 spiro atoms. The summed E-state index contributed by atoms with van der Waals surface area (Å²) in [6.45, 7) is 2.96. The van der Waals surface area contributed by atoms with Gasteiger partial charge in [-0.2, -0.15) is 0 Å². The number of unbranched alkanes of at least 4 members (excludes halogenated alkanes) is 4. The summed E-state index contributed by atoms with van der Waals surface area (Å²) in [6, 6.07) is 0. The van der Waals surface area contributed by atoms with Crippen molar-refractivity contribution in [2.24, 2.45) is 0 Å². The summed E-state index contributed by atoms with van der Waals surface area (Å²) < 4.78 is 11.0. The predicted molar refractivity (Wildman–Crippen MR) is 96.3 cm³/mol. The van der Waals surface area contributed by atoms with E-state index in [1.165, 1.54) is 0 Å². The number of nitrogens with one attached hydrogen (secondary N) is 2. The van der Waals surface area contributed by atoms with Crippen molar-refractivity contribution >= 4 is 11.8 Å². The fourth-order valence-corrected chi connectivity index (χ4v) is 3.34. The maximum absolute atomic E-state index is 11.7. The molecule has 0 radical (unpaired) electrons. The van der Waals surface area contributed by atoms with E-state index in [0.29, 0.717) is 25.9 Å². The van der Waals surface area contributed by atoms with Crippen molar-refractivity contribution in [2.75, 3.05) is 26.3 Å². The van der Waals surface area contributed by atoms with Gasteiger partial charge in [0.25, 0.3) is 0 Å². The lowest BCUT2D eigenvalue weighted by Crippen LogP contribution is -2.31. The van der Waals surface area contributed by atoms with Crippen LogP contribution in [0, 0.1) is 0 Å². The molecule has 0 aromatic carbocycles. The summed E-state index contributed by atoms with van der Waals surface area (Å²) in [5, 5.41) is 5.90. The van der Waals surface area contributed by atoms with Crippen molar-refractivity contribution in [3.05, 3.63) is 0 Å². The molecule has 0 aromatic rings. The van der Waals surface area contributed by atoms with Crippen LogP contribution in [0.2, 0.25) is 0 Å². The molecule has 0 unspecified atom stereocenters. The molecule has 0 saturated carbocycles. The molecule has 2 rings (SSSR count). The molecule has 6 heteroatoms. The Labute approximate surface area is 151 Å². The monoisotopic (exact) mass is 354 g/mol. The van der Waals surface area contributed by atoms with Crippen LogP contribution in [0.4, 0.5) is 0 Å². The van der Waals surface area contributed by atoms with E-state index in [2.05, 4.69) is 10.6 Å². The zero-order chi connectivity index (χ0) is 17.7.